The molecule has 0 unspecified atom stereocenters. The maximum Gasteiger partial charge on any atom is 0.129 e. The zero-order valence-electron chi connectivity index (χ0n) is 11.7. The highest BCUT2D eigenvalue weighted by Gasteiger charge is 2.12. The number of thioether (sulfide) groups is 1. The molecule has 1 aliphatic heterocycles. The summed E-state index contributed by atoms with van der Waals surface area (Å²) in [4.78, 5) is 5.68. The van der Waals surface area contributed by atoms with Crippen LogP contribution in [0.3, 0.4) is 0 Å². The fourth-order valence-electron chi connectivity index (χ4n) is 2.27. The van der Waals surface area contributed by atoms with Crippen LogP contribution >= 0.6 is 11.8 Å². The van der Waals surface area contributed by atoms with Crippen molar-refractivity contribution in [1.82, 2.24) is 5.32 Å². The van der Waals surface area contributed by atoms with Gasteiger partial charge in [0.15, 0.2) is 0 Å². The summed E-state index contributed by atoms with van der Waals surface area (Å²) in [6.45, 7) is 1.83. The first-order chi connectivity index (χ1) is 10.3. The lowest BCUT2D eigenvalue weighted by Crippen LogP contribution is -2.30. The normalized spacial score (nSPS) is 14.4. The molecule has 2 aromatic carbocycles. The third kappa shape index (κ3) is 3.45. The van der Waals surface area contributed by atoms with Crippen LogP contribution in [0.25, 0.3) is 0 Å². The molecule has 2 aromatic rings. The average molecular weight is 300 g/mol. The third-order valence-corrected chi connectivity index (χ3v) is 4.50. The number of rotatable bonds is 4. The molecule has 4 heteroatoms. The molecule has 1 aliphatic rings. The summed E-state index contributed by atoms with van der Waals surface area (Å²) in [6, 6.07) is 15.1. The summed E-state index contributed by atoms with van der Waals surface area (Å²) in [5.74, 6) is 1.44. The minimum atomic E-state index is -0.143. The van der Waals surface area contributed by atoms with Crippen LogP contribution in [0.15, 0.2) is 58.4 Å². The number of nitrogens with zero attached hydrogens (tertiary/aromatic N) is 1. The molecule has 21 heavy (non-hydrogen) atoms. The van der Waals surface area contributed by atoms with E-state index in [4.69, 9.17) is 0 Å². The highest BCUT2D eigenvalue weighted by Crippen LogP contribution is 2.27. The molecular weight excluding hydrogens is 283 g/mol. The number of aliphatic imine (C=N–C) groups is 1. The molecule has 0 bridgehead atoms. The SMILES string of the molecule is Fc1ccccc1CSc1ccccc1C1=NCCCN1. The largest absolute Gasteiger partial charge is 0.370 e. The molecule has 0 aliphatic carbocycles. The van der Waals surface area contributed by atoms with Gasteiger partial charge in [0.05, 0.1) is 0 Å². The van der Waals surface area contributed by atoms with Crippen LogP contribution in [0.1, 0.15) is 17.5 Å². The second-order valence-corrected chi connectivity index (χ2v) is 5.90. The fraction of sp³-hybridized carbons (Fsp3) is 0.235. The number of benzene rings is 2. The molecule has 2 nitrogen and oxygen atoms in total. The number of nitrogens with one attached hydrogen (secondary N) is 1. The Bertz CT molecular complexity index is 655. The number of hydrogen-bond acceptors (Lipinski definition) is 3. The monoisotopic (exact) mass is 300 g/mol. The molecule has 0 saturated carbocycles. The Morgan fingerprint density at radius 1 is 1.10 bits per heavy atom. The smallest absolute Gasteiger partial charge is 0.129 e. The van der Waals surface area contributed by atoms with Gasteiger partial charge in [-0.25, -0.2) is 4.39 Å². The lowest BCUT2D eigenvalue weighted by molar-refractivity contribution is 0.617. The zero-order valence-corrected chi connectivity index (χ0v) is 12.5. The highest BCUT2D eigenvalue weighted by atomic mass is 32.2. The van der Waals surface area contributed by atoms with Gasteiger partial charge in [0.2, 0.25) is 0 Å². The van der Waals surface area contributed by atoms with Gasteiger partial charge in [-0.2, -0.15) is 0 Å². The second kappa shape index (κ2) is 6.76. The van der Waals surface area contributed by atoms with Crippen molar-refractivity contribution in [3.8, 4) is 0 Å². The van der Waals surface area contributed by atoms with Gasteiger partial charge in [-0.05, 0) is 24.1 Å². The van der Waals surface area contributed by atoms with E-state index in [2.05, 4.69) is 22.4 Å². The van der Waals surface area contributed by atoms with Crippen LogP contribution in [-0.2, 0) is 5.75 Å². The Hall–Kier alpha value is -1.81. The molecule has 0 fully saturated rings. The van der Waals surface area contributed by atoms with Crippen LogP contribution in [0, 0.1) is 5.82 Å². The van der Waals surface area contributed by atoms with E-state index in [1.807, 2.05) is 24.3 Å². The first-order valence-electron chi connectivity index (χ1n) is 7.08. The first-order valence-corrected chi connectivity index (χ1v) is 8.07. The van der Waals surface area contributed by atoms with Gasteiger partial charge in [-0.15, -0.1) is 11.8 Å². The van der Waals surface area contributed by atoms with E-state index in [0.717, 1.165) is 41.4 Å². The van der Waals surface area contributed by atoms with Crippen LogP contribution in [0.5, 0.6) is 0 Å². The topological polar surface area (TPSA) is 24.4 Å². The molecule has 0 radical (unpaired) electrons. The predicted octanol–water partition coefficient (Wildman–Crippen LogP) is 3.86. The molecule has 0 saturated heterocycles. The van der Waals surface area contributed by atoms with Gasteiger partial charge in [-0.3, -0.25) is 4.99 Å². The highest BCUT2D eigenvalue weighted by molar-refractivity contribution is 7.98. The Morgan fingerprint density at radius 2 is 1.90 bits per heavy atom. The van der Waals surface area contributed by atoms with E-state index in [0.29, 0.717) is 5.75 Å². The Balaban J connectivity index is 1.80. The molecule has 0 spiro atoms. The Morgan fingerprint density at radius 3 is 2.71 bits per heavy atom. The Labute approximate surface area is 128 Å². The van der Waals surface area contributed by atoms with Crippen molar-refractivity contribution in [1.29, 1.82) is 0 Å². The molecule has 0 atom stereocenters. The summed E-state index contributed by atoms with van der Waals surface area (Å²) in [7, 11) is 0. The minimum absolute atomic E-state index is 0.143. The van der Waals surface area contributed by atoms with Crippen LogP contribution in [0.2, 0.25) is 0 Å². The van der Waals surface area contributed by atoms with Gasteiger partial charge in [0.1, 0.15) is 11.7 Å². The number of hydrogen-bond donors (Lipinski definition) is 1. The summed E-state index contributed by atoms with van der Waals surface area (Å²) in [6.07, 6.45) is 1.08. The van der Waals surface area contributed by atoms with Crippen molar-refractivity contribution in [2.24, 2.45) is 4.99 Å². The van der Waals surface area contributed by atoms with Crippen molar-refractivity contribution < 1.29 is 4.39 Å². The molecule has 1 heterocycles. The van der Waals surface area contributed by atoms with Gasteiger partial charge >= 0.3 is 0 Å². The average Bonchev–Trinajstić information content (AvgIpc) is 2.55. The van der Waals surface area contributed by atoms with E-state index in [-0.39, 0.29) is 5.82 Å². The van der Waals surface area contributed by atoms with E-state index in [9.17, 15) is 4.39 Å². The van der Waals surface area contributed by atoms with E-state index < -0.39 is 0 Å². The summed E-state index contributed by atoms with van der Waals surface area (Å²) in [5, 5.41) is 3.35. The second-order valence-electron chi connectivity index (χ2n) is 4.89. The summed E-state index contributed by atoms with van der Waals surface area (Å²) in [5.41, 5.74) is 1.84. The molecule has 3 rings (SSSR count). The van der Waals surface area contributed by atoms with E-state index >= 15 is 0 Å². The van der Waals surface area contributed by atoms with Crippen molar-refractivity contribution >= 4 is 17.6 Å². The molecular formula is C17H17FN2S. The van der Waals surface area contributed by atoms with Crippen molar-refractivity contribution in [3.63, 3.8) is 0 Å². The molecule has 0 amide bonds. The standard InChI is InChI=1S/C17H17FN2S/c18-15-8-3-1-6-13(15)12-21-16-9-4-2-7-14(16)17-19-10-5-11-20-17/h1-4,6-9H,5,10-12H2,(H,19,20). The van der Waals surface area contributed by atoms with Gasteiger partial charge in [0, 0.05) is 29.3 Å². The molecule has 0 aromatic heterocycles. The van der Waals surface area contributed by atoms with E-state index in [1.54, 1.807) is 17.8 Å². The first kappa shape index (κ1) is 14.1. The third-order valence-electron chi connectivity index (χ3n) is 3.38. The Kier molecular flexibility index (Phi) is 4.55. The lowest BCUT2D eigenvalue weighted by atomic mass is 10.2. The van der Waals surface area contributed by atoms with Crippen LogP contribution in [0.4, 0.5) is 4.39 Å². The summed E-state index contributed by atoms with van der Waals surface area (Å²) >= 11 is 1.65. The van der Waals surface area contributed by atoms with E-state index in [1.165, 1.54) is 6.07 Å². The van der Waals surface area contributed by atoms with Crippen molar-refractivity contribution in [2.75, 3.05) is 13.1 Å². The number of halogens is 1. The molecule has 1 N–H and O–H groups in total. The fourth-order valence-corrected chi connectivity index (χ4v) is 3.31. The van der Waals surface area contributed by atoms with Crippen molar-refractivity contribution in [3.05, 3.63) is 65.5 Å². The quantitative estimate of drug-likeness (QED) is 0.867. The zero-order chi connectivity index (χ0) is 14.5. The number of amidine groups is 1. The predicted molar refractivity (Wildman–Crippen MR) is 86.4 cm³/mol. The maximum absolute atomic E-state index is 13.7. The van der Waals surface area contributed by atoms with Crippen LogP contribution < -0.4 is 5.32 Å². The molecule has 108 valence electrons. The minimum Gasteiger partial charge on any atom is -0.370 e. The van der Waals surface area contributed by atoms with Gasteiger partial charge in [-0.1, -0.05) is 36.4 Å². The maximum atomic E-state index is 13.7. The van der Waals surface area contributed by atoms with Crippen molar-refractivity contribution in [2.45, 2.75) is 17.1 Å². The van der Waals surface area contributed by atoms with Crippen LogP contribution in [-0.4, -0.2) is 18.9 Å². The van der Waals surface area contributed by atoms with Gasteiger partial charge < -0.3 is 5.32 Å². The lowest BCUT2D eigenvalue weighted by Gasteiger charge is -2.17. The van der Waals surface area contributed by atoms with Gasteiger partial charge in [0.25, 0.3) is 0 Å². The summed E-state index contributed by atoms with van der Waals surface area (Å²) < 4.78 is 13.7.